The first-order valence-corrected chi connectivity index (χ1v) is 13.0. The smallest absolute Gasteiger partial charge is 0.407 e. The fraction of sp³-hybridized carbons (Fsp3) is 0.929. The Labute approximate surface area is 210 Å². The minimum atomic E-state index is -0.575. The first kappa shape index (κ1) is 32.5. The molecule has 202 valence electrons. The second-order valence-electron chi connectivity index (χ2n) is 14.3. The van der Waals surface area contributed by atoms with Crippen LogP contribution in [0.1, 0.15) is 123 Å². The molecule has 1 unspecified atom stereocenters. The van der Waals surface area contributed by atoms with Gasteiger partial charge in [0.15, 0.2) is 0 Å². The molecule has 0 saturated heterocycles. The maximum absolute atomic E-state index is 12.7. The van der Waals surface area contributed by atoms with Crippen molar-refractivity contribution in [3.8, 4) is 0 Å². The monoisotopic (exact) mass is 484 g/mol. The summed E-state index contributed by atoms with van der Waals surface area (Å²) in [4.78, 5) is 25.1. The van der Waals surface area contributed by atoms with Gasteiger partial charge in [0.25, 0.3) is 0 Å². The number of carbonyl (C=O) groups excluding carboxylic acids is 2. The molecular formula is C28H56N2O4. The van der Waals surface area contributed by atoms with Crippen LogP contribution < -0.4 is 10.6 Å². The average Bonchev–Trinajstić information content (AvgIpc) is 2.54. The van der Waals surface area contributed by atoms with E-state index in [1.807, 2.05) is 34.6 Å². The second-order valence-corrected chi connectivity index (χ2v) is 14.3. The zero-order valence-corrected chi connectivity index (χ0v) is 24.8. The van der Waals surface area contributed by atoms with E-state index in [1.54, 1.807) is 0 Å². The van der Waals surface area contributed by atoms with Crippen LogP contribution in [0.2, 0.25) is 0 Å². The van der Waals surface area contributed by atoms with Gasteiger partial charge in [-0.15, -0.1) is 0 Å². The molecule has 3 atom stereocenters. The van der Waals surface area contributed by atoms with E-state index in [-0.39, 0.29) is 35.1 Å². The third kappa shape index (κ3) is 14.7. The van der Waals surface area contributed by atoms with Gasteiger partial charge in [0, 0.05) is 12.1 Å². The van der Waals surface area contributed by atoms with E-state index in [2.05, 4.69) is 72.9 Å². The van der Waals surface area contributed by atoms with Crippen molar-refractivity contribution in [2.75, 3.05) is 0 Å². The van der Waals surface area contributed by atoms with Crippen LogP contribution in [0.15, 0.2) is 0 Å². The van der Waals surface area contributed by atoms with Crippen molar-refractivity contribution in [1.29, 1.82) is 0 Å². The lowest BCUT2D eigenvalue weighted by Crippen LogP contribution is -2.47. The van der Waals surface area contributed by atoms with Gasteiger partial charge in [-0.25, -0.2) is 9.59 Å². The van der Waals surface area contributed by atoms with Crippen molar-refractivity contribution in [1.82, 2.24) is 10.6 Å². The van der Waals surface area contributed by atoms with Crippen molar-refractivity contribution in [2.45, 2.75) is 146 Å². The summed E-state index contributed by atoms with van der Waals surface area (Å²) in [7, 11) is 0. The Balaban J connectivity index is 4.93. The Kier molecular flexibility index (Phi) is 11.9. The largest absolute Gasteiger partial charge is 0.444 e. The van der Waals surface area contributed by atoms with Gasteiger partial charge >= 0.3 is 12.2 Å². The second kappa shape index (κ2) is 12.5. The molecule has 2 amide bonds. The third-order valence-corrected chi connectivity index (χ3v) is 6.03. The minimum Gasteiger partial charge on any atom is -0.444 e. The molecule has 6 nitrogen and oxygen atoms in total. The Morgan fingerprint density at radius 1 is 0.676 bits per heavy atom. The van der Waals surface area contributed by atoms with Gasteiger partial charge in [0.2, 0.25) is 0 Å². The van der Waals surface area contributed by atoms with Crippen LogP contribution in [0.5, 0.6) is 0 Å². The molecule has 0 aromatic carbocycles. The fourth-order valence-electron chi connectivity index (χ4n) is 3.77. The van der Waals surface area contributed by atoms with Crippen molar-refractivity contribution in [2.24, 2.45) is 22.7 Å². The number of hydrogen-bond donors (Lipinski definition) is 2. The number of alkyl carbamates (subject to hydrolysis) is 2. The molecule has 0 aliphatic heterocycles. The van der Waals surface area contributed by atoms with E-state index < -0.39 is 11.2 Å². The van der Waals surface area contributed by atoms with Crippen molar-refractivity contribution < 1.29 is 19.1 Å². The number of carbonyl (C=O) groups is 2. The molecule has 0 aliphatic rings. The summed E-state index contributed by atoms with van der Waals surface area (Å²) in [6.07, 6.45) is 2.64. The predicted octanol–water partition coefficient (Wildman–Crippen LogP) is 7.70. The van der Waals surface area contributed by atoms with Gasteiger partial charge in [-0.1, -0.05) is 62.3 Å². The summed E-state index contributed by atoms with van der Waals surface area (Å²) in [5, 5.41) is 6.17. The van der Waals surface area contributed by atoms with E-state index in [1.165, 1.54) is 0 Å². The summed E-state index contributed by atoms with van der Waals surface area (Å²) in [5.41, 5.74) is -1.24. The van der Waals surface area contributed by atoms with Gasteiger partial charge in [0.1, 0.15) is 11.2 Å². The molecule has 0 rings (SSSR count). The lowest BCUT2D eigenvalue weighted by Gasteiger charge is -2.35. The van der Waals surface area contributed by atoms with Crippen molar-refractivity contribution in [3.63, 3.8) is 0 Å². The highest BCUT2D eigenvalue weighted by atomic mass is 16.6. The predicted molar refractivity (Wildman–Crippen MR) is 142 cm³/mol. The molecule has 0 bridgehead atoms. The summed E-state index contributed by atoms with van der Waals surface area (Å²) in [6, 6.07) is 0.0365. The normalized spacial score (nSPS) is 16.0. The molecule has 0 aromatic rings. The highest BCUT2D eigenvalue weighted by Gasteiger charge is 2.32. The number of ether oxygens (including phenoxy) is 2. The third-order valence-electron chi connectivity index (χ3n) is 6.03. The summed E-state index contributed by atoms with van der Waals surface area (Å²) < 4.78 is 11.3. The summed E-state index contributed by atoms with van der Waals surface area (Å²) >= 11 is 0. The van der Waals surface area contributed by atoms with E-state index in [0.29, 0.717) is 11.8 Å². The van der Waals surface area contributed by atoms with Gasteiger partial charge < -0.3 is 20.1 Å². The van der Waals surface area contributed by atoms with Crippen molar-refractivity contribution >= 4 is 12.2 Å². The highest BCUT2D eigenvalue weighted by molar-refractivity contribution is 5.68. The van der Waals surface area contributed by atoms with E-state index in [0.717, 1.165) is 25.7 Å². The highest BCUT2D eigenvalue weighted by Crippen LogP contribution is 2.30. The molecule has 0 aromatic heterocycles. The first-order valence-electron chi connectivity index (χ1n) is 13.0. The quantitative estimate of drug-likeness (QED) is 0.333. The van der Waals surface area contributed by atoms with Crippen LogP contribution in [-0.2, 0) is 9.47 Å². The molecule has 0 spiro atoms. The molecule has 6 heteroatoms. The van der Waals surface area contributed by atoms with E-state index >= 15 is 0 Å². The van der Waals surface area contributed by atoms with Crippen LogP contribution in [0.25, 0.3) is 0 Å². The van der Waals surface area contributed by atoms with Crippen LogP contribution >= 0.6 is 0 Å². The molecule has 2 N–H and O–H groups in total. The fourth-order valence-corrected chi connectivity index (χ4v) is 3.77. The molecule has 0 fully saturated rings. The zero-order valence-electron chi connectivity index (χ0n) is 24.8. The maximum atomic E-state index is 12.7. The van der Waals surface area contributed by atoms with Gasteiger partial charge in [-0.3, -0.25) is 0 Å². The number of nitrogens with one attached hydrogen (secondary N) is 2. The minimum absolute atomic E-state index is 0.0201. The SMILES string of the molecule is CC(C)C[C@H](NC(=O)OC(C)(C)CCC(C)C[C@H](NC(=O)OC(C)(C)C)C(C)(C)C)C(C)(C)C. The zero-order chi connectivity index (χ0) is 27.1. The average molecular weight is 485 g/mol. The molecular weight excluding hydrogens is 428 g/mol. The molecule has 0 radical (unpaired) electrons. The Morgan fingerprint density at radius 3 is 1.47 bits per heavy atom. The maximum Gasteiger partial charge on any atom is 0.407 e. The van der Waals surface area contributed by atoms with Gasteiger partial charge in [-0.05, 0) is 83.0 Å². The lowest BCUT2D eigenvalue weighted by atomic mass is 9.80. The van der Waals surface area contributed by atoms with E-state index in [9.17, 15) is 9.59 Å². The molecule has 0 heterocycles. The Bertz CT molecular complexity index is 636. The molecule has 0 saturated carbocycles. The number of amides is 2. The van der Waals surface area contributed by atoms with Crippen LogP contribution in [0, 0.1) is 22.7 Å². The van der Waals surface area contributed by atoms with Gasteiger partial charge in [-0.2, -0.15) is 0 Å². The lowest BCUT2D eigenvalue weighted by molar-refractivity contribution is 0.0212. The van der Waals surface area contributed by atoms with Crippen LogP contribution in [0.3, 0.4) is 0 Å². The van der Waals surface area contributed by atoms with Crippen molar-refractivity contribution in [3.05, 3.63) is 0 Å². The van der Waals surface area contributed by atoms with Crippen LogP contribution in [-0.4, -0.2) is 35.5 Å². The summed E-state index contributed by atoms with van der Waals surface area (Å²) in [6.45, 7) is 28.9. The van der Waals surface area contributed by atoms with E-state index in [4.69, 9.17) is 9.47 Å². The Hall–Kier alpha value is -1.46. The number of hydrogen-bond acceptors (Lipinski definition) is 4. The first-order chi connectivity index (χ1) is 15.0. The Morgan fingerprint density at radius 2 is 1.09 bits per heavy atom. The number of rotatable bonds is 10. The standard InChI is InChI=1S/C28H56N2O4/c1-19(2)17-21(25(4,5)6)29-24(32)34-28(13,14)16-15-20(3)18-22(26(7,8)9)30-23(31)33-27(10,11)12/h19-22H,15-18H2,1-14H3,(H,29,32)(H,30,31)/t20?,21-,22-/m0/s1. The molecule has 0 aliphatic carbocycles. The van der Waals surface area contributed by atoms with Crippen LogP contribution in [0.4, 0.5) is 9.59 Å². The summed E-state index contributed by atoms with van der Waals surface area (Å²) in [5.74, 6) is 0.830. The topological polar surface area (TPSA) is 76.7 Å². The van der Waals surface area contributed by atoms with Gasteiger partial charge in [0.05, 0.1) is 0 Å². The molecule has 34 heavy (non-hydrogen) atoms.